The number of aryl methyl sites for hydroxylation is 1. The van der Waals surface area contributed by atoms with E-state index in [1.807, 2.05) is 30.8 Å². The van der Waals surface area contributed by atoms with Crippen molar-refractivity contribution in [1.82, 2.24) is 15.3 Å². The topological polar surface area (TPSA) is 47.0 Å². The molecule has 1 unspecified atom stereocenters. The van der Waals surface area contributed by atoms with E-state index >= 15 is 0 Å². The molecule has 0 spiro atoms. The van der Waals surface area contributed by atoms with Crippen LogP contribution < -0.4 is 5.32 Å². The molecule has 0 fully saturated rings. The van der Waals surface area contributed by atoms with E-state index in [4.69, 9.17) is 4.74 Å². The first-order valence-corrected chi connectivity index (χ1v) is 6.73. The van der Waals surface area contributed by atoms with Gasteiger partial charge in [-0.2, -0.15) is 0 Å². The van der Waals surface area contributed by atoms with Gasteiger partial charge in [0.25, 0.3) is 0 Å². The van der Waals surface area contributed by atoms with Crippen LogP contribution in [0.3, 0.4) is 0 Å². The van der Waals surface area contributed by atoms with Crippen molar-refractivity contribution < 1.29 is 4.74 Å². The average Bonchev–Trinajstić information content (AvgIpc) is 2.90. The van der Waals surface area contributed by atoms with Gasteiger partial charge in [0.2, 0.25) is 0 Å². The summed E-state index contributed by atoms with van der Waals surface area (Å²) in [6, 6.07) is 4.20. The standard InChI is InChI=1S/C13H17N3OS/c1-10-3-4-11(9-16-10)12(14-5-7-17-2)13-15-6-8-18-13/h3-4,6,8-9,12,14H,5,7H2,1-2H3. The van der Waals surface area contributed by atoms with Gasteiger partial charge in [-0.15, -0.1) is 11.3 Å². The lowest BCUT2D eigenvalue weighted by atomic mass is 10.1. The van der Waals surface area contributed by atoms with E-state index in [2.05, 4.69) is 21.4 Å². The van der Waals surface area contributed by atoms with Crippen LogP contribution in [0.25, 0.3) is 0 Å². The number of methoxy groups -OCH3 is 1. The van der Waals surface area contributed by atoms with Crippen molar-refractivity contribution in [2.75, 3.05) is 20.3 Å². The molecule has 0 aliphatic heterocycles. The van der Waals surface area contributed by atoms with E-state index in [9.17, 15) is 0 Å². The monoisotopic (exact) mass is 263 g/mol. The molecule has 5 heteroatoms. The van der Waals surface area contributed by atoms with E-state index in [0.717, 1.165) is 22.8 Å². The van der Waals surface area contributed by atoms with E-state index in [-0.39, 0.29) is 6.04 Å². The molecule has 1 N–H and O–H groups in total. The minimum atomic E-state index is 0.0910. The molecule has 4 nitrogen and oxygen atoms in total. The van der Waals surface area contributed by atoms with Crippen molar-refractivity contribution in [3.05, 3.63) is 46.2 Å². The van der Waals surface area contributed by atoms with Crippen LogP contribution in [-0.2, 0) is 4.74 Å². The second kappa shape index (κ2) is 6.58. The summed E-state index contributed by atoms with van der Waals surface area (Å²) in [7, 11) is 1.70. The Balaban J connectivity index is 2.16. The van der Waals surface area contributed by atoms with E-state index in [1.54, 1.807) is 18.4 Å². The third-order valence-electron chi connectivity index (χ3n) is 2.62. The van der Waals surface area contributed by atoms with Crippen LogP contribution >= 0.6 is 11.3 Å². The highest BCUT2D eigenvalue weighted by atomic mass is 32.1. The maximum absolute atomic E-state index is 5.07. The summed E-state index contributed by atoms with van der Waals surface area (Å²) < 4.78 is 5.07. The lowest BCUT2D eigenvalue weighted by Gasteiger charge is -2.16. The minimum absolute atomic E-state index is 0.0910. The normalized spacial score (nSPS) is 12.6. The second-order valence-corrected chi connectivity index (χ2v) is 4.91. The number of nitrogens with one attached hydrogen (secondary N) is 1. The highest BCUT2D eigenvalue weighted by molar-refractivity contribution is 7.09. The van der Waals surface area contributed by atoms with Crippen LogP contribution in [0.4, 0.5) is 0 Å². The van der Waals surface area contributed by atoms with E-state index < -0.39 is 0 Å². The van der Waals surface area contributed by atoms with Crippen LogP contribution in [0.15, 0.2) is 29.9 Å². The van der Waals surface area contributed by atoms with Gasteiger partial charge in [0.05, 0.1) is 12.6 Å². The Morgan fingerprint density at radius 2 is 2.28 bits per heavy atom. The van der Waals surface area contributed by atoms with Gasteiger partial charge >= 0.3 is 0 Å². The third-order valence-corrected chi connectivity index (χ3v) is 3.46. The van der Waals surface area contributed by atoms with Gasteiger partial charge in [-0.1, -0.05) is 6.07 Å². The lowest BCUT2D eigenvalue weighted by molar-refractivity contribution is 0.197. The smallest absolute Gasteiger partial charge is 0.114 e. The first-order chi connectivity index (χ1) is 8.81. The van der Waals surface area contributed by atoms with Gasteiger partial charge in [0.1, 0.15) is 5.01 Å². The summed E-state index contributed by atoms with van der Waals surface area (Å²) >= 11 is 1.65. The second-order valence-electron chi connectivity index (χ2n) is 3.98. The molecule has 0 saturated carbocycles. The Hall–Kier alpha value is -1.30. The molecular weight excluding hydrogens is 246 g/mol. The van der Waals surface area contributed by atoms with Crippen molar-refractivity contribution in [1.29, 1.82) is 0 Å². The van der Waals surface area contributed by atoms with Crippen molar-refractivity contribution >= 4 is 11.3 Å². The fourth-order valence-electron chi connectivity index (χ4n) is 1.68. The van der Waals surface area contributed by atoms with Crippen molar-refractivity contribution in [3.63, 3.8) is 0 Å². The molecule has 2 aromatic heterocycles. The molecule has 0 saturated heterocycles. The molecule has 0 radical (unpaired) electrons. The number of hydrogen-bond donors (Lipinski definition) is 1. The molecular formula is C13H17N3OS. The predicted molar refractivity (Wildman–Crippen MR) is 72.8 cm³/mol. The highest BCUT2D eigenvalue weighted by Crippen LogP contribution is 2.23. The fraction of sp³-hybridized carbons (Fsp3) is 0.385. The lowest BCUT2D eigenvalue weighted by Crippen LogP contribution is -2.26. The van der Waals surface area contributed by atoms with E-state index in [0.29, 0.717) is 6.61 Å². The van der Waals surface area contributed by atoms with Crippen LogP contribution in [0, 0.1) is 6.92 Å². The zero-order valence-electron chi connectivity index (χ0n) is 10.6. The summed E-state index contributed by atoms with van der Waals surface area (Å²) in [4.78, 5) is 8.73. The van der Waals surface area contributed by atoms with Crippen molar-refractivity contribution in [2.24, 2.45) is 0 Å². The zero-order chi connectivity index (χ0) is 12.8. The fourth-order valence-corrected chi connectivity index (χ4v) is 2.42. The van der Waals surface area contributed by atoms with Crippen LogP contribution in [-0.4, -0.2) is 30.2 Å². The first-order valence-electron chi connectivity index (χ1n) is 5.85. The Bertz CT molecular complexity index is 456. The molecule has 0 aliphatic carbocycles. The number of hydrogen-bond acceptors (Lipinski definition) is 5. The number of nitrogens with zero attached hydrogens (tertiary/aromatic N) is 2. The molecule has 0 bridgehead atoms. The largest absolute Gasteiger partial charge is 0.383 e. The van der Waals surface area contributed by atoms with Crippen molar-refractivity contribution in [3.8, 4) is 0 Å². The molecule has 96 valence electrons. The summed E-state index contributed by atoms with van der Waals surface area (Å²) in [6.07, 6.45) is 3.73. The van der Waals surface area contributed by atoms with Gasteiger partial charge in [-0.25, -0.2) is 4.98 Å². The Labute approximate surface area is 111 Å². The predicted octanol–water partition coefficient (Wildman–Crippen LogP) is 2.17. The van der Waals surface area contributed by atoms with Crippen molar-refractivity contribution in [2.45, 2.75) is 13.0 Å². The number of rotatable bonds is 6. The summed E-state index contributed by atoms with van der Waals surface area (Å²) in [5.74, 6) is 0. The van der Waals surface area contributed by atoms with E-state index in [1.165, 1.54) is 0 Å². The highest BCUT2D eigenvalue weighted by Gasteiger charge is 2.16. The number of ether oxygens (including phenoxy) is 1. The average molecular weight is 263 g/mol. The van der Waals surface area contributed by atoms with Gasteiger partial charge in [-0.3, -0.25) is 4.98 Å². The summed E-state index contributed by atoms with van der Waals surface area (Å²) in [5, 5.41) is 6.48. The zero-order valence-corrected chi connectivity index (χ0v) is 11.4. The molecule has 2 heterocycles. The third kappa shape index (κ3) is 3.35. The molecule has 2 aromatic rings. The molecule has 1 atom stereocenters. The molecule has 0 amide bonds. The minimum Gasteiger partial charge on any atom is -0.383 e. The van der Waals surface area contributed by atoms with Crippen LogP contribution in [0.2, 0.25) is 0 Å². The first kappa shape index (κ1) is 13.1. The van der Waals surface area contributed by atoms with Gasteiger partial charge in [0, 0.05) is 37.1 Å². The number of pyridine rings is 1. The Morgan fingerprint density at radius 1 is 1.39 bits per heavy atom. The summed E-state index contributed by atoms with van der Waals surface area (Å²) in [6.45, 7) is 3.45. The molecule has 2 rings (SSSR count). The van der Waals surface area contributed by atoms with Gasteiger partial charge in [0.15, 0.2) is 0 Å². The maximum Gasteiger partial charge on any atom is 0.114 e. The maximum atomic E-state index is 5.07. The SMILES string of the molecule is COCCNC(c1ccc(C)nc1)c1nccs1. The molecule has 18 heavy (non-hydrogen) atoms. The van der Waals surface area contributed by atoms with Gasteiger partial charge in [-0.05, 0) is 18.6 Å². The van der Waals surface area contributed by atoms with Crippen LogP contribution in [0.1, 0.15) is 22.3 Å². The quantitative estimate of drug-likeness (QED) is 0.811. The number of thiazole rings is 1. The molecule has 0 aromatic carbocycles. The summed E-state index contributed by atoms with van der Waals surface area (Å²) in [5.41, 5.74) is 2.15. The Kier molecular flexibility index (Phi) is 4.81. The number of aromatic nitrogens is 2. The van der Waals surface area contributed by atoms with Gasteiger partial charge < -0.3 is 10.1 Å². The molecule has 0 aliphatic rings. The Morgan fingerprint density at radius 3 is 2.89 bits per heavy atom. The van der Waals surface area contributed by atoms with Crippen LogP contribution in [0.5, 0.6) is 0 Å².